The minimum atomic E-state index is -3.23. The Labute approximate surface area is 125 Å². The summed E-state index contributed by atoms with van der Waals surface area (Å²) < 4.78 is 27.3. The van der Waals surface area contributed by atoms with E-state index in [2.05, 4.69) is 15.0 Å². The zero-order valence-corrected chi connectivity index (χ0v) is 13.9. The molecule has 0 saturated carbocycles. The van der Waals surface area contributed by atoms with Gasteiger partial charge in [-0.15, -0.1) is 11.3 Å². The first kappa shape index (κ1) is 15.9. The molecular weight excluding hydrogens is 294 g/mol. The Kier molecular flexibility index (Phi) is 5.17. The Morgan fingerprint density at radius 2 is 2.05 bits per heavy atom. The SMILES string of the molecule is Cc1nc(C)c(C(C)NS(=O)(=O)CC2CCNCC2)s1. The smallest absolute Gasteiger partial charge is 0.212 e. The van der Waals surface area contributed by atoms with E-state index in [9.17, 15) is 8.42 Å². The van der Waals surface area contributed by atoms with Crippen LogP contribution in [-0.2, 0) is 10.0 Å². The summed E-state index contributed by atoms with van der Waals surface area (Å²) in [5.41, 5.74) is 0.921. The summed E-state index contributed by atoms with van der Waals surface area (Å²) in [5, 5.41) is 4.23. The van der Waals surface area contributed by atoms with Crippen LogP contribution in [0.3, 0.4) is 0 Å². The van der Waals surface area contributed by atoms with Crippen LogP contribution in [0, 0.1) is 19.8 Å². The highest BCUT2D eigenvalue weighted by Gasteiger charge is 2.24. The first-order valence-electron chi connectivity index (χ1n) is 7.02. The molecule has 0 amide bonds. The van der Waals surface area contributed by atoms with Crippen molar-refractivity contribution >= 4 is 21.4 Å². The van der Waals surface area contributed by atoms with E-state index in [1.54, 1.807) is 11.3 Å². The lowest BCUT2D eigenvalue weighted by Gasteiger charge is -2.23. The second-order valence-corrected chi connectivity index (χ2v) is 8.53. The minimum Gasteiger partial charge on any atom is -0.317 e. The van der Waals surface area contributed by atoms with Gasteiger partial charge in [0.15, 0.2) is 0 Å². The first-order chi connectivity index (χ1) is 9.37. The third-order valence-electron chi connectivity index (χ3n) is 3.60. The second kappa shape index (κ2) is 6.51. The van der Waals surface area contributed by atoms with E-state index in [0.29, 0.717) is 0 Å². The lowest BCUT2D eigenvalue weighted by atomic mass is 10.0. The molecule has 1 aliphatic heterocycles. The molecule has 1 atom stereocenters. The van der Waals surface area contributed by atoms with Crippen LogP contribution in [0.5, 0.6) is 0 Å². The summed E-state index contributed by atoms with van der Waals surface area (Å²) in [4.78, 5) is 5.36. The molecule has 0 radical (unpaired) electrons. The molecule has 5 nitrogen and oxygen atoms in total. The van der Waals surface area contributed by atoms with Crippen molar-refractivity contribution in [2.45, 2.75) is 39.7 Å². The van der Waals surface area contributed by atoms with Gasteiger partial charge >= 0.3 is 0 Å². The molecule has 0 aromatic carbocycles. The highest BCUT2D eigenvalue weighted by molar-refractivity contribution is 7.89. The molecule has 20 heavy (non-hydrogen) atoms. The molecule has 0 aliphatic carbocycles. The molecule has 1 aromatic heterocycles. The van der Waals surface area contributed by atoms with Gasteiger partial charge in [-0.2, -0.15) is 0 Å². The zero-order chi connectivity index (χ0) is 14.8. The third kappa shape index (κ3) is 4.25. The summed E-state index contributed by atoms with van der Waals surface area (Å²) in [6.45, 7) is 7.60. The van der Waals surface area contributed by atoms with E-state index in [4.69, 9.17) is 0 Å². The molecule has 7 heteroatoms. The fourth-order valence-electron chi connectivity index (χ4n) is 2.68. The van der Waals surface area contributed by atoms with E-state index < -0.39 is 10.0 Å². The number of aromatic nitrogens is 1. The van der Waals surface area contributed by atoms with E-state index in [1.165, 1.54) is 0 Å². The number of hydrogen-bond donors (Lipinski definition) is 2. The number of hydrogen-bond acceptors (Lipinski definition) is 5. The number of nitrogens with one attached hydrogen (secondary N) is 2. The standard InChI is InChI=1S/C13H23N3O2S2/c1-9-13(19-11(3)15-9)10(2)16-20(17,18)8-12-4-6-14-7-5-12/h10,12,14,16H,4-8H2,1-3H3. The van der Waals surface area contributed by atoms with Crippen molar-refractivity contribution in [1.82, 2.24) is 15.0 Å². The summed E-state index contributed by atoms with van der Waals surface area (Å²) in [6, 6.07) is -0.201. The van der Waals surface area contributed by atoms with E-state index in [1.807, 2.05) is 20.8 Å². The van der Waals surface area contributed by atoms with Gasteiger partial charge in [0.1, 0.15) is 0 Å². The normalized spacial score (nSPS) is 19.1. The average Bonchev–Trinajstić information content (AvgIpc) is 2.68. The largest absolute Gasteiger partial charge is 0.317 e. The number of piperidine rings is 1. The van der Waals surface area contributed by atoms with Crippen LogP contribution in [-0.4, -0.2) is 32.2 Å². The topological polar surface area (TPSA) is 71.1 Å². The van der Waals surface area contributed by atoms with E-state index in [0.717, 1.165) is 41.5 Å². The van der Waals surface area contributed by atoms with Crippen LogP contribution in [0.1, 0.15) is 41.4 Å². The van der Waals surface area contributed by atoms with Gasteiger partial charge in [0, 0.05) is 4.88 Å². The quantitative estimate of drug-likeness (QED) is 0.868. The highest BCUT2D eigenvalue weighted by Crippen LogP contribution is 2.25. The Hall–Kier alpha value is -0.500. The fourth-order valence-corrected chi connectivity index (χ4v) is 5.39. The monoisotopic (exact) mass is 317 g/mol. The summed E-state index contributed by atoms with van der Waals surface area (Å²) in [7, 11) is -3.23. The Morgan fingerprint density at radius 1 is 1.40 bits per heavy atom. The molecule has 1 fully saturated rings. The van der Waals surface area contributed by atoms with Gasteiger partial charge in [-0.25, -0.2) is 18.1 Å². The molecule has 1 aromatic rings. The Morgan fingerprint density at radius 3 is 2.60 bits per heavy atom. The lowest BCUT2D eigenvalue weighted by molar-refractivity contribution is 0.399. The number of aryl methyl sites for hydroxylation is 2. The molecule has 1 unspecified atom stereocenters. The van der Waals surface area contributed by atoms with Crippen molar-refractivity contribution in [2.75, 3.05) is 18.8 Å². The van der Waals surface area contributed by atoms with Crippen LogP contribution in [0.4, 0.5) is 0 Å². The average molecular weight is 317 g/mol. The Balaban J connectivity index is 1.98. The van der Waals surface area contributed by atoms with Gasteiger partial charge < -0.3 is 5.32 Å². The van der Waals surface area contributed by atoms with Gasteiger partial charge in [-0.1, -0.05) is 0 Å². The molecule has 0 spiro atoms. The van der Waals surface area contributed by atoms with Crippen molar-refractivity contribution in [3.8, 4) is 0 Å². The lowest BCUT2D eigenvalue weighted by Crippen LogP contribution is -2.36. The minimum absolute atomic E-state index is 0.201. The number of nitrogens with zero attached hydrogens (tertiary/aromatic N) is 1. The maximum absolute atomic E-state index is 12.3. The molecule has 2 rings (SSSR count). The van der Waals surface area contributed by atoms with Crippen molar-refractivity contribution in [3.63, 3.8) is 0 Å². The summed E-state index contributed by atoms with van der Waals surface area (Å²) >= 11 is 1.56. The number of thiazole rings is 1. The van der Waals surface area contributed by atoms with E-state index in [-0.39, 0.29) is 17.7 Å². The number of sulfonamides is 1. The van der Waals surface area contributed by atoms with Crippen molar-refractivity contribution in [2.24, 2.45) is 5.92 Å². The van der Waals surface area contributed by atoms with Gasteiger partial charge in [-0.05, 0) is 52.6 Å². The van der Waals surface area contributed by atoms with Crippen LogP contribution in [0.25, 0.3) is 0 Å². The van der Waals surface area contributed by atoms with Crippen LogP contribution in [0.15, 0.2) is 0 Å². The highest BCUT2D eigenvalue weighted by atomic mass is 32.2. The van der Waals surface area contributed by atoms with Crippen molar-refractivity contribution in [1.29, 1.82) is 0 Å². The predicted molar refractivity (Wildman–Crippen MR) is 82.5 cm³/mol. The molecule has 1 aliphatic rings. The summed E-state index contributed by atoms with van der Waals surface area (Å²) in [5.74, 6) is 0.501. The molecule has 0 bridgehead atoms. The van der Waals surface area contributed by atoms with E-state index >= 15 is 0 Å². The summed E-state index contributed by atoms with van der Waals surface area (Å²) in [6.07, 6.45) is 1.88. The van der Waals surface area contributed by atoms with Gasteiger partial charge in [0.05, 0.1) is 22.5 Å². The van der Waals surface area contributed by atoms with Crippen molar-refractivity contribution in [3.05, 3.63) is 15.6 Å². The molecule has 2 N–H and O–H groups in total. The molecule has 114 valence electrons. The molecular formula is C13H23N3O2S2. The predicted octanol–water partition coefficient (Wildman–Crippen LogP) is 1.74. The maximum Gasteiger partial charge on any atom is 0.212 e. The zero-order valence-electron chi connectivity index (χ0n) is 12.3. The van der Waals surface area contributed by atoms with Crippen molar-refractivity contribution < 1.29 is 8.42 Å². The van der Waals surface area contributed by atoms with Crippen LogP contribution >= 0.6 is 11.3 Å². The first-order valence-corrected chi connectivity index (χ1v) is 9.49. The fraction of sp³-hybridized carbons (Fsp3) is 0.769. The third-order valence-corrected chi connectivity index (χ3v) is 6.48. The van der Waals surface area contributed by atoms with Gasteiger partial charge in [0.25, 0.3) is 0 Å². The second-order valence-electron chi connectivity index (χ2n) is 5.50. The van der Waals surface area contributed by atoms with Gasteiger partial charge in [0.2, 0.25) is 10.0 Å². The number of rotatable bonds is 5. The van der Waals surface area contributed by atoms with Crippen LogP contribution in [0.2, 0.25) is 0 Å². The maximum atomic E-state index is 12.3. The molecule has 2 heterocycles. The van der Waals surface area contributed by atoms with Crippen LogP contribution < -0.4 is 10.0 Å². The Bertz CT molecular complexity index is 548. The molecule has 1 saturated heterocycles. The van der Waals surface area contributed by atoms with Gasteiger partial charge in [-0.3, -0.25) is 0 Å².